The Morgan fingerprint density at radius 1 is 1.53 bits per heavy atom. The summed E-state index contributed by atoms with van der Waals surface area (Å²) in [6.07, 6.45) is 2.52. The first-order valence-electron chi connectivity index (χ1n) is 4.77. The Labute approximate surface area is 96.9 Å². The highest BCUT2D eigenvalue weighted by Gasteiger charge is 2.11. The first-order valence-corrected chi connectivity index (χ1v) is 5.56. The smallest absolute Gasteiger partial charge is 0.148 e. The van der Waals surface area contributed by atoms with Crippen molar-refractivity contribution in [1.82, 2.24) is 0 Å². The van der Waals surface area contributed by atoms with Gasteiger partial charge in [-0.3, -0.25) is 0 Å². The Bertz CT molecular complexity index is 489. The van der Waals surface area contributed by atoms with E-state index in [0.717, 1.165) is 27.6 Å². The molecule has 0 spiro atoms. The lowest BCUT2D eigenvalue weighted by atomic mass is 10.1. The van der Waals surface area contributed by atoms with Gasteiger partial charge in [0.25, 0.3) is 0 Å². The fraction of sp³-hybridized carbons (Fsp3) is 0.167. The minimum Gasteiger partial charge on any atom is -0.458 e. The molecule has 1 aromatic carbocycles. The predicted molar refractivity (Wildman–Crippen MR) is 65.7 cm³/mol. The van der Waals surface area contributed by atoms with Gasteiger partial charge in [-0.15, -0.1) is 6.58 Å². The lowest BCUT2D eigenvalue weighted by Crippen LogP contribution is -2.07. The number of nitrogens with two attached hydrogens (primary N) is 1. The van der Waals surface area contributed by atoms with E-state index in [0.29, 0.717) is 0 Å². The van der Waals surface area contributed by atoms with Crippen molar-refractivity contribution in [1.29, 1.82) is 0 Å². The van der Waals surface area contributed by atoms with Crippen LogP contribution in [-0.4, -0.2) is 0 Å². The normalized spacial score (nSPS) is 12.9. The van der Waals surface area contributed by atoms with E-state index in [1.165, 1.54) is 0 Å². The maximum Gasteiger partial charge on any atom is 0.148 e. The van der Waals surface area contributed by atoms with E-state index < -0.39 is 0 Å². The Morgan fingerprint density at radius 2 is 2.33 bits per heavy atom. The summed E-state index contributed by atoms with van der Waals surface area (Å²) in [5.74, 6) is 0.803. The number of hydrogen-bond donors (Lipinski definition) is 1. The minimum atomic E-state index is -0.109. The van der Waals surface area contributed by atoms with Gasteiger partial charge < -0.3 is 10.2 Å². The van der Waals surface area contributed by atoms with Crippen LogP contribution in [0.4, 0.5) is 0 Å². The molecule has 2 N–H and O–H groups in total. The Kier molecular flexibility index (Phi) is 2.93. The van der Waals surface area contributed by atoms with Crippen LogP contribution in [0.1, 0.15) is 18.2 Å². The first kappa shape index (κ1) is 10.5. The second-order valence-corrected chi connectivity index (χ2v) is 4.29. The SMILES string of the molecule is C=CCC(N)c1cc2cccc(Br)c2o1. The van der Waals surface area contributed by atoms with E-state index in [9.17, 15) is 0 Å². The van der Waals surface area contributed by atoms with Gasteiger partial charge in [-0.25, -0.2) is 0 Å². The van der Waals surface area contributed by atoms with Crippen molar-refractivity contribution < 1.29 is 4.42 Å². The van der Waals surface area contributed by atoms with Crippen molar-refractivity contribution >= 4 is 26.9 Å². The average Bonchev–Trinajstić information content (AvgIpc) is 2.63. The zero-order valence-electron chi connectivity index (χ0n) is 8.24. The zero-order valence-corrected chi connectivity index (χ0v) is 9.83. The average molecular weight is 266 g/mol. The van der Waals surface area contributed by atoms with E-state index >= 15 is 0 Å². The van der Waals surface area contributed by atoms with Crippen molar-refractivity contribution in [3.8, 4) is 0 Å². The molecule has 0 radical (unpaired) electrons. The van der Waals surface area contributed by atoms with Crippen molar-refractivity contribution in [2.75, 3.05) is 0 Å². The number of furan rings is 1. The highest BCUT2D eigenvalue weighted by molar-refractivity contribution is 9.10. The Hall–Kier alpha value is -1.06. The fourth-order valence-electron chi connectivity index (χ4n) is 1.53. The number of benzene rings is 1. The van der Waals surface area contributed by atoms with Crippen molar-refractivity contribution in [3.05, 3.63) is 47.2 Å². The van der Waals surface area contributed by atoms with Crippen LogP contribution in [0.5, 0.6) is 0 Å². The molecule has 0 aliphatic rings. The van der Waals surface area contributed by atoms with E-state index in [2.05, 4.69) is 22.5 Å². The summed E-state index contributed by atoms with van der Waals surface area (Å²) in [7, 11) is 0. The molecule has 0 amide bonds. The standard InChI is InChI=1S/C12H12BrNO/c1-2-4-10(14)11-7-8-5-3-6-9(13)12(8)15-11/h2-3,5-7,10H,1,4,14H2. The Morgan fingerprint density at radius 3 is 3.00 bits per heavy atom. The number of rotatable bonds is 3. The van der Waals surface area contributed by atoms with Gasteiger partial charge in [0.15, 0.2) is 0 Å². The van der Waals surface area contributed by atoms with Crippen molar-refractivity contribution in [2.45, 2.75) is 12.5 Å². The van der Waals surface area contributed by atoms with Crippen molar-refractivity contribution in [2.24, 2.45) is 5.73 Å². The van der Waals surface area contributed by atoms with Gasteiger partial charge >= 0.3 is 0 Å². The van der Waals surface area contributed by atoms with Gasteiger partial charge in [-0.1, -0.05) is 18.2 Å². The summed E-state index contributed by atoms with van der Waals surface area (Å²) < 4.78 is 6.65. The topological polar surface area (TPSA) is 39.2 Å². The van der Waals surface area contributed by atoms with Crippen LogP contribution in [0.2, 0.25) is 0 Å². The highest BCUT2D eigenvalue weighted by Crippen LogP contribution is 2.29. The lowest BCUT2D eigenvalue weighted by molar-refractivity contribution is 0.497. The van der Waals surface area contributed by atoms with E-state index in [-0.39, 0.29) is 6.04 Å². The van der Waals surface area contributed by atoms with Gasteiger partial charge in [0.05, 0.1) is 10.5 Å². The lowest BCUT2D eigenvalue weighted by Gasteiger charge is -2.03. The van der Waals surface area contributed by atoms with Crippen LogP contribution >= 0.6 is 15.9 Å². The van der Waals surface area contributed by atoms with Crippen molar-refractivity contribution in [3.63, 3.8) is 0 Å². The molecule has 0 fully saturated rings. The third-order valence-corrected chi connectivity index (χ3v) is 2.93. The summed E-state index contributed by atoms with van der Waals surface area (Å²) in [6.45, 7) is 3.67. The highest BCUT2D eigenvalue weighted by atomic mass is 79.9. The van der Waals surface area contributed by atoms with Crippen LogP contribution in [0.3, 0.4) is 0 Å². The van der Waals surface area contributed by atoms with Gasteiger partial charge in [0.1, 0.15) is 11.3 Å². The van der Waals surface area contributed by atoms with Crippen LogP contribution in [-0.2, 0) is 0 Å². The molecule has 1 aromatic heterocycles. The van der Waals surface area contributed by atoms with Gasteiger partial charge in [0, 0.05) is 5.39 Å². The van der Waals surface area contributed by atoms with Crippen LogP contribution in [0.25, 0.3) is 11.0 Å². The monoisotopic (exact) mass is 265 g/mol. The minimum absolute atomic E-state index is 0.109. The molecule has 15 heavy (non-hydrogen) atoms. The van der Waals surface area contributed by atoms with E-state index in [1.54, 1.807) is 6.08 Å². The maximum absolute atomic E-state index is 5.94. The number of fused-ring (bicyclic) bond motifs is 1. The molecule has 2 aromatic rings. The molecule has 2 nitrogen and oxygen atoms in total. The number of para-hydroxylation sites is 1. The summed E-state index contributed by atoms with van der Waals surface area (Å²) in [4.78, 5) is 0. The molecule has 0 aliphatic carbocycles. The fourth-order valence-corrected chi connectivity index (χ4v) is 1.99. The third kappa shape index (κ3) is 1.98. The number of halogens is 1. The largest absolute Gasteiger partial charge is 0.458 e. The molecule has 0 saturated carbocycles. The second-order valence-electron chi connectivity index (χ2n) is 3.44. The predicted octanol–water partition coefficient (Wildman–Crippen LogP) is 3.77. The van der Waals surface area contributed by atoms with Crippen LogP contribution in [0.15, 0.2) is 45.8 Å². The molecule has 2 rings (SSSR count). The second kappa shape index (κ2) is 4.21. The molecular weight excluding hydrogens is 254 g/mol. The number of hydrogen-bond acceptors (Lipinski definition) is 2. The molecule has 78 valence electrons. The quantitative estimate of drug-likeness (QED) is 0.859. The molecule has 0 aliphatic heterocycles. The molecule has 0 bridgehead atoms. The van der Waals surface area contributed by atoms with E-state index in [1.807, 2.05) is 24.3 Å². The van der Waals surface area contributed by atoms with Gasteiger partial charge in [-0.05, 0) is 34.5 Å². The van der Waals surface area contributed by atoms with Gasteiger partial charge in [-0.2, -0.15) is 0 Å². The summed E-state index contributed by atoms with van der Waals surface area (Å²) in [5, 5.41) is 1.07. The third-order valence-electron chi connectivity index (χ3n) is 2.30. The van der Waals surface area contributed by atoms with E-state index in [4.69, 9.17) is 10.2 Å². The molecule has 3 heteroatoms. The molecular formula is C12H12BrNO. The van der Waals surface area contributed by atoms with Gasteiger partial charge in [0.2, 0.25) is 0 Å². The molecule has 1 heterocycles. The summed E-state index contributed by atoms with van der Waals surface area (Å²) in [5.41, 5.74) is 6.79. The first-order chi connectivity index (χ1) is 7.22. The Balaban J connectivity index is 2.47. The molecule has 0 saturated heterocycles. The maximum atomic E-state index is 5.94. The summed E-state index contributed by atoms with van der Waals surface area (Å²) >= 11 is 3.44. The molecule has 1 unspecified atom stereocenters. The molecule has 1 atom stereocenters. The zero-order chi connectivity index (χ0) is 10.8. The van der Waals surface area contributed by atoms with Crippen LogP contribution in [0, 0.1) is 0 Å². The van der Waals surface area contributed by atoms with Crippen LogP contribution < -0.4 is 5.73 Å². The summed E-state index contributed by atoms with van der Waals surface area (Å²) in [6, 6.07) is 7.81.